The highest BCUT2D eigenvalue weighted by Crippen LogP contribution is 2.35. The van der Waals surface area contributed by atoms with Crippen LogP contribution in [0, 0.1) is 0 Å². The minimum atomic E-state index is -2.54. The number of anilines is 1. The van der Waals surface area contributed by atoms with Gasteiger partial charge in [0, 0.05) is 23.4 Å². The van der Waals surface area contributed by atoms with E-state index in [0.717, 1.165) is 5.56 Å². The molecule has 0 spiro atoms. The molecular weight excluding hydrogens is 501 g/mol. The molecule has 0 aliphatic carbocycles. The van der Waals surface area contributed by atoms with Crippen LogP contribution in [0.15, 0.2) is 41.2 Å². The summed E-state index contributed by atoms with van der Waals surface area (Å²) in [5.74, 6) is 1.03. The number of nitrogens with one attached hydrogen (secondary N) is 2. The number of aromatic nitrogens is 4. The molecule has 34 heavy (non-hydrogen) atoms. The molecule has 4 rings (SSSR count). The van der Waals surface area contributed by atoms with E-state index in [2.05, 4.69) is 14.8 Å². The second-order valence-corrected chi connectivity index (χ2v) is 9.30. The van der Waals surface area contributed by atoms with Crippen LogP contribution < -0.4 is 15.0 Å². The fraction of sp³-hybridized carbons (Fsp3) is 0.227. The second-order valence-electron chi connectivity index (χ2n) is 7.82. The molecular formula is C22H20Cl2N5O4S-. The Morgan fingerprint density at radius 2 is 1.94 bits per heavy atom. The number of halogens is 2. The first-order valence-corrected chi connectivity index (χ1v) is 12.0. The fourth-order valence-corrected chi connectivity index (χ4v) is 4.60. The van der Waals surface area contributed by atoms with Crippen molar-refractivity contribution < 1.29 is 13.5 Å². The first-order chi connectivity index (χ1) is 16.2. The summed E-state index contributed by atoms with van der Waals surface area (Å²) >= 11 is 10.4. The van der Waals surface area contributed by atoms with Crippen molar-refractivity contribution in [2.45, 2.75) is 26.2 Å². The lowest BCUT2D eigenvalue weighted by Crippen LogP contribution is -2.14. The first-order valence-electron chi connectivity index (χ1n) is 10.2. The number of methoxy groups -OCH3 is 1. The molecule has 2 heterocycles. The molecule has 0 saturated carbocycles. The molecule has 0 aliphatic rings. The fourth-order valence-electron chi connectivity index (χ4n) is 3.64. The zero-order chi connectivity index (χ0) is 24.6. The standard InChI is InChI=1S/C22H21Cl2N5O4S/c1-11(2)19-18-21(25-17(26-22(18)30)8-12-5-4-6-14(7-12)33-3)29(27-19)20-15(23)9-13(10-16(20)24)28-34(31)32/h4-7,9-11,28H,8H2,1-3H3,(H,31,32)(H,25,26,30)/p-1. The van der Waals surface area contributed by atoms with Crippen LogP contribution in [-0.4, -0.2) is 35.6 Å². The molecule has 0 radical (unpaired) electrons. The quantitative estimate of drug-likeness (QED) is 0.349. The Morgan fingerprint density at radius 3 is 2.56 bits per heavy atom. The third kappa shape index (κ3) is 4.80. The predicted molar refractivity (Wildman–Crippen MR) is 132 cm³/mol. The Morgan fingerprint density at radius 1 is 1.24 bits per heavy atom. The lowest BCUT2D eigenvalue weighted by Gasteiger charge is -2.13. The smallest absolute Gasteiger partial charge is 0.262 e. The number of H-pyrrole nitrogens is 1. The van der Waals surface area contributed by atoms with Gasteiger partial charge in [-0.3, -0.25) is 9.00 Å². The maximum Gasteiger partial charge on any atom is 0.262 e. The van der Waals surface area contributed by atoms with Gasteiger partial charge in [0.15, 0.2) is 5.65 Å². The van der Waals surface area contributed by atoms with Crippen molar-refractivity contribution in [3.63, 3.8) is 0 Å². The normalized spacial score (nSPS) is 12.3. The molecule has 12 heteroatoms. The SMILES string of the molecule is COc1cccc(Cc2nc3c(c(C(C)C)nn3-c3c(Cl)cc(NS(=O)[O-])cc3Cl)c(=O)[nH]2)c1. The summed E-state index contributed by atoms with van der Waals surface area (Å²) in [6, 6.07) is 10.3. The van der Waals surface area contributed by atoms with Crippen molar-refractivity contribution in [3.8, 4) is 11.4 Å². The predicted octanol–water partition coefficient (Wildman–Crippen LogP) is 4.34. The van der Waals surface area contributed by atoms with Gasteiger partial charge in [0.25, 0.3) is 5.56 Å². The number of aromatic amines is 1. The Hall–Kier alpha value is -2.92. The molecule has 0 fully saturated rings. The average molecular weight is 521 g/mol. The Kier molecular flexibility index (Phi) is 6.94. The summed E-state index contributed by atoms with van der Waals surface area (Å²) in [7, 11) is 1.58. The van der Waals surface area contributed by atoms with Crippen molar-refractivity contribution >= 4 is 51.2 Å². The molecule has 0 amide bonds. The van der Waals surface area contributed by atoms with Crippen LogP contribution in [0.1, 0.15) is 36.8 Å². The van der Waals surface area contributed by atoms with E-state index in [1.54, 1.807) is 7.11 Å². The summed E-state index contributed by atoms with van der Waals surface area (Å²) in [6.45, 7) is 3.82. The van der Waals surface area contributed by atoms with Gasteiger partial charge in [-0.2, -0.15) is 5.10 Å². The summed E-state index contributed by atoms with van der Waals surface area (Å²) in [4.78, 5) is 20.7. The van der Waals surface area contributed by atoms with E-state index in [4.69, 9.17) is 32.9 Å². The highest BCUT2D eigenvalue weighted by atomic mass is 35.5. The first kappa shape index (κ1) is 24.2. The average Bonchev–Trinajstić information content (AvgIpc) is 3.13. The molecule has 2 N–H and O–H groups in total. The van der Waals surface area contributed by atoms with E-state index < -0.39 is 11.3 Å². The van der Waals surface area contributed by atoms with Crippen LogP contribution in [0.5, 0.6) is 5.75 Å². The molecule has 0 bridgehead atoms. The number of nitrogens with zero attached hydrogens (tertiary/aromatic N) is 3. The van der Waals surface area contributed by atoms with Crippen LogP contribution in [-0.2, 0) is 17.7 Å². The molecule has 2 aromatic carbocycles. The number of fused-ring (bicyclic) bond motifs is 1. The van der Waals surface area contributed by atoms with Gasteiger partial charge in [0.05, 0.1) is 22.8 Å². The third-order valence-corrected chi connectivity index (χ3v) is 6.07. The van der Waals surface area contributed by atoms with Crippen LogP contribution in [0.2, 0.25) is 10.0 Å². The second kappa shape index (κ2) is 9.75. The van der Waals surface area contributed by atoms with E-state index in [1.807, 2.05) is 38.1 Å². The van der Waals surface area contributed by atoms with Gasteiger partial charge in [-0.25, -0.2) is 9.67 Å². The summed E-state index contributed by atoms with van der Waals surface area (Å²) in [6.07, 6.45) is 0.351. The maximum atomic E-state index is 13.1. The zero-order valence-corrected chi connectivity index (χ0v) is 20.7. The number of rotatable bonds is 7. The van der Waals surface area contributed by atoms with E-state index in [1.165, 1.54) is 16.8 Å². The molecule has 9 nitrogen and oxygen atoms in total. The van der Waals surface area contributed by atoms with E-state index in [9.17, 15) is 13.6 Å². The van der Waals surface area contributed by atoms with Crippen molar-refractivity contribution in [2.24, 2.45) is 0 Å². The van der Waals surface area contributed by atoms with Gasteiger partial charge >= 0.3 is 0 Å². The molecule has 2 aromatic heterocycles. The van der Waals surface area contributed by atoms with Crippen molar-refractivity contribution in [1.82, 2.24) is 19.7 Å². The Bertz CT molecular complexity index is 1440. The van der Waals surface area contributed by atoms with Gasteiger partial charge in [0.1, 0.15) is 22.6 Å². The molecule has 0 saturated heterocycles. The van der Waals surface area contributed by atoms with Crippen LogP contribution >= 0.6 is 23.2 Å². The van der Waals surface area contributed by atoms with Crippen LogP contribution in [0.4, 0.5) is 5.69 Å². The minimum Gasteiger partial charge on any atom is -0.755 e. The Balaban J connectivity index is 1.90. The van der Waals surface area contributed by atoms with Crippen molar-refractivity contribution in [2.75, 3.05) is 11.8 Å². The zero-order valence-electron chi connectivity index (χ0n) is 18.4. The highest BCUT2D eigenvalue weighted by molar-refractivity contribution is 7.80. The highest BCUT2D eigenvalue weighted by Gasteiger charge is 2.23. The summed E-state index contributed by atoms with van der Waals surface area (Å²) in [5, 5.41) is 5.22. The minimum absolute atomic E-state index is 0.0859. The third-order valence-electron chi connectivity index (χ3n) is 5.10. The maximum absolute atomic E-state index is 13.1. The lowest BCUT2D eigenvalue weighted by atomic mass is 10.1. The Labute approximate surface area is 207 Å². The number of hydrogen-bond acceptors (Lipinski definition) is 6. The van der Waals surface area contributed by atoms with Crippen LogP contribution in [0.25, 0.3) is 16.7 Å². The molecule has 1 atom stereocenters. The van der Waals surface area contributed by atoms with Crippen LogP contribution in [0.3, 0.4) is 0 Å². The van der Waals surface area contributed by atoms with E-state index in [-0.39, 0.29) is 32.9 Å². The van der Waals surface area contributed by atoms with Gasteiger partial charge < -0.3 is 19.0 Å². The number of benzene rings is 2. The van der Waals surface area contributed by atoms with Gasteiger partial charge in [-0.15, -0.1) is 0 Å². The van der Waals surface area contributed by atoms with E-state index in [0.29, 0.717) is 34.7 Å². The van der Waals surface area contributed by atoms with E-state index >= 15 is 0 Å². The molecule has 0 aliphatic heterocycles. The molecule has 178 valence electrons. The van der Waals surface area contributed by atoms with Gasteiger partial charge in [-0.1, -0.05) is 49.2 Å². The molecule has 4 aromatic rings. The topological polar surface area (TPSA) is 125 Å². The largest absolute Gasteiger partial charge is 0.755 e. The number of ether oxygens (including phenoxy) is 1. The van der Waals surface area contributed by atoms with Crippen molar-refractivity contribution in [1.29, 1.82) is 0 Å². The monoisotopic (exact) mass is 520 g/mol. The lowest BCUT2D eigenvalue weighted by molar-refractivity contribution is 0.414. The van der Waals surface area contributed by atoms with Gasteiger partial charge in [0.2, 0.25) is 0 Å². The number of hydrogen-bond donors (Lipinski definition) is 2. The van der Waals surface area contributed by atoms with Gasteiger partial charge in [-0.05, 0) is 35.7 Å². The summed E-state index contributed by atoms with van der Waals surface area (Å²) < 4.78 is 30.9. The molecule has 1 unspecified atom stereocenters. The van der Waals surface area contributed by atoms with Crippen molar-refractivity contribution in [3.05, 3.63) is 73.9 Å². The summed E-state index contributed by atoms with van der Waals surface area (Å²) in [5.41, 5.74) is 1.87.